The predicted molar refractivity (Wildman–Crippen MR) is 67.5 cm³/mol. The summed E-state index contributed by atoms with van der Waals surface area (Å²) in [6.07, 6.45) is 3.37. The average Bonchev–Trinajstić information content (AvgIpc) is 2.44. The van der Waals surface area contributed by atoms with E-state index in [4.69, 9.17) is 0 Å². The molecule has 0 aromatic rings. The monoisotopic (exact) mass is 234 g/mol. The fraction of sp³-hybridized carbons (Fsp3) is 0.733. The second-order valence-corrected chi connectivity index (χ2v) is 6.09. The zero-order valence-electron chi connectivity index (χ0n) is 11.2. The van der Waals surface area contributed by atoms with Crippen LogP contribution in [-0.2, 0) is 9.59 Å². The van der Waals surface area contributed by atoms with Gasteiger partial charge < -0.3 is 0 Å². The Bertz CT molecular complexity index is 378. The van der Waals surface area contributed by atoms with Gasteiger partial charge in [-0.1, -0.05) is 26.8 Å². The van der Waals surface area contributed by atoms with Crippen LogP contribution in [0.4, 0.5) is 0 Å². The molecule has 0 aromatic heterocycles. The van der Waals surface area contributed by atoms with Crippen LogP contribution in [0.1, 0.15) is 40.5 Å². The molecule has 0 radical (unpaired) electrons. The van der Waals surface area contributed by atoms with Gasteiger partial charge in [0, 0.05) is 18.8 Å². The van der Waals surface area contributed by atoms with Gasteiger partial charge in [-0.05, 0) is 36.2 Å². The Morgan fingerprint density at radius 1 is 1.24 bits per heavy atom. The van der Waals surface area contributed by atoms with Crippen LogP contribution < -0.4 is 0 Å². The third-order valence-corrected chi connectivity index (χ3v) is 4.73. The highest BCUT2D eigenvalue weighted by molar-refractivity contribution is 5.96. The molecule has 0 saturated heterocycles. The van der Waals surface area contributed by atoms with E-state index in [1.54, 1.807) is 0 Å². The maximum Gasteiger partial charge on any atom is 0.158 e. The molecule has 1 saturated carbocycles. The average molecular weight is 234 g/mol. The van der Waals surface area contributed by atoms with Gasteiger partial charge in [0.1, 0.15) is 5.78 Å². The van der Waals surface area contributed by atoms with Crippen molar-refractivity contribution < 1.29 is 9.59 Å². The molecule has 1 fully saturated rings. The fourth-order valence-corrected chi connectivity index (χ4v) is 3.48. The largest absolute Gasteiger partial charge is 0.299 e. The summed E-state index contributed by atoms with van der Waals surface area (Å²) in [6.45, 7) is 8.26. The number of ketones is 2. The van der Waals surface area contributed by atoms with Gasteiger partial charge in [0.05, 0.1) is 0 Å². The van der Waals surface area contributed by atoms with E-state index in [0.29, 0.717) is 42.3 Å². The molecule has 0 aliphatic heterocycles. The molecule has 0 N–H and O–H groups in total. The zero-order chi connectivity index (χ0) is 12.7. The minimum atomic E-state index is 0.0992. The number of rotatable bonds is 1. The van der Waals surface area contributed by atoms with Crippen LogP contribution in [0.2, 0.25) is 0 Å². The summed E-state index contributed by atoms with van der Waals surface area (Å²) in [4.78, 5) is 23.9. The van der Waals surface area contributed by atoms with Gasteiger partial charge in [-0.3, -0.25) is 9.59 Å². The van der Waals surface area contributed by atoms with Crippen molar-refractivity contribution in [3.05, 3.63) is 11.6 Å². The Morgan fingerprint density at radius 2 is 1.88 bits per heavy atom. The van der Waals surface area contributed by atoms with Gasteiger partial charge in [-0.15, -0.1) is 0 Å². The van der Waals surface area contributed by atoms with Crippen LogP contribution in [-0.4, -0.2) is 11.6 Å². The maximum atomic E-state index is 12.0. The van der Waals surface area contributed by atoms with Gasteiger partial charge in [0.2, 0.25) is 0 Å². The first-order chi connectivity index (χ1) is 7.91. The second-order valence-electron chi connectivity index (χ2n) is 6.09. The quantitative estimate of drug-likeness (QED) is 0.699. The minimum absolute atomic E-state index is 0.0992. The normalized spacial score (nSPS) is 38.1. The van der Waals surface area contributed by atoms with Crippen molar-refractivity contribution in [2.75, 3.05) is 0 Å². The topological polar surface area (TPSA) is 34.1 Å². The number of carbonyl (C=O) groups excluding carboxylic acids is 2. The molecule has 4 atom stereocenters. The molecular weight excluding hydrogens is 212 g/mol. The molecule has 2 rings (SSSR count). The van der Waals surface area contributed by atoms with Gasteiger partial charge in [-0.2, -0.15) is 0 Å². The van der Waals surface area contributed by atoms with E-state index < -0.39 is 0 Å². The first kappa shape index (κ1) is 12.5. The summed E-state index contributed by atoms with van der Waals surface area (Å²) in [5, 5.41) is 0. The van der Waals surface area contributed by atoms with Crippen LogP contribution in [0.5, 0.6) is 0 Å². The van der Waals surface area contributed by atoms with Crippen molar-refractivity contribution in [1.82, 2.24) is 0 Å². The van der Waals surface area contributed by atoms with Gasteiger partial charge in [-0.25, -0.2) is 0 Å². The highest BCUT2D eigenvalue weighted by Crippen LogP contribution is 2.46. The van der Waals surface area contributed by atoms with Crippen molar-refractivity contribution in [3.63, 3.8) is 0 Å². The van der Waals surface area contributed by atoms with E-state index in [0.717, 1.165) is 5.57 Å². The molecule has 4 unspecified atom stereocenters. The second kappa shape index (κ2) is 4.40. The lowest BCUT2D eigenvalue weighted by atomic mass is 9.75. The summed E-state index contributed by atoms with van der Waals surface area (Å²) in [5.74, 6) is 2.28. The van der Waals surface area contributed by atoms with Crippen LogP contribution in [0, 0.1) is 29.6 Å². The Hall–Kier alpha value is -0.920. The molecule has 0 aromatic carbocycles. The van der Waals surface area contributed by atoms with Crippen molar-refractivity contribution in [2.45, 2.75) is 40.5 Å². The lowest BCUT2D eigenvalue weighted by Crippen LogP contribution is -2.24. The number of fused-ring (bicyclic) bond motifs is 1. The highest BCUT2D eigenvalue weighted by atomic mass is 16.1. The van der Waals surface area contributed by atoms with Crippen LogP contribution in [0.15, 0.2) is 11.6 Å². The van der Waals surface area contributed by atoms with Crippen molar-refractivity contribution in [2.24, 2.45) is 29.6 Å². The Balaban J connectivity index is 2.38. The number of hydrogen-bond donors (Lipinski definition) is 0. The van der Waals surface area contributed by atoms with Crippen LogP contribution in [0.25, 0.3) is 0 Å². The molecule has 2 aliphatic rings. The molecule has 2 heteroatoms. The van der Waals surface area contributed by atoms with Crippen molar-refractivity contribution in [1.29, 1.82) is 0 Å². The summed E-state index contributed by atoms with van der Waals surface area (Å²) in [6, 6.07) is 0. The maximum absolute atomic E-state index is 12.0. The summed E-state index contributed by atoms with van der Waals surface area (Å²) in [7, 11) is 0. The molecule has 0 bridgehead atoms. The molecule has 2 aliphatic carbocycles. The van der Waals surface area contributed by atoms with Crippen LogP contribution in [0.3, 0.4) is 0 Å². The van der Waals surface area contributed by atoms with Gasteiger partial charge in [0.15, 0.2) is 5.78 Å². The summed E-state index contributed by atoms with van der Waals surface area (Å²) in [5.41, 5.74) is 0.865. The zero-order valence-corrected chi connectivity index (χ0v) is 11.2. The lowest BCUT2D eigenvalue weighted by Gasteiger charge is -2.28. The number of hydrogen-bond acceptors (Lipinski definition) is 2. The SMILES string of the molecule is CC1=CC2C(C)C(=O)CC2C(C(C)C)CC1=O. The summed E-state index contributed by atoms with van der Waals surface area (Å²) < 4.78 is 0. The van der Waals surface area contributed by atoms with E-state index in [1.165, 1.54) is 0 Å². The van der Waals surface area contributed by atoms with E-state index in [-0.39, 0.29) is 11.7 Å². The molecule has 17 heavy (non-hydrogen) atoms. The summed E-state index contributed by atoms with van der Waals surface area (Å²) >= 11 is 0. The third kappa shape index (κ3) is 2.10. The van der Waals surface area contributed by atoms with Crippen molar-refractivity contribution in [3.8, 4) is 0 Å². The third-order valence-electron chi connectivity index (χ3n) is 4.73. The molecule has 0 heterocycles. The standard InChI is InChI=1S/C15H22O2/c1-8(2)11-6-14(16)9(3)5-12-10(4)15(17)7-13(11)12/h5,8,10-13H,6-7H2,1-4H3. The van der Waals surface area contributed by atoms with Gasteiger partial charge in [0.25, 0.3) is 0 Å². The Morgan fingerprint density at radius 3 is 2.47 bits per heavy atom. The molecule has 94 valence electrons. The number of allylic oxidation sites excluding steroid dienone is 2. The van der Waals surface area contributed by atoms with E-state index in [1.807, 2.05) is 13.8 Å². The molecule has 0 amide bonds. The Labute approximate surface area is 103 Å². The van der Waals surface area contributed by atoms with Crippen LogP contribution >= 0.6 is 0 Å². The van der Waals surface area contributed by atoms with E-state index >= 15 is 0 Å². The number of Topliss-reactive ketones (excluding diaryl/α,β-unsaturated/α-hetero) is 2. The predicted octanol–water partition coefficient (Wildman–Crippen LogP) is 3.02. The van der Waals surface area contributed by atoms with E-state index in [2.05, 4.69) is 19.9 Å². The first-order valence-electron chi connectivity index (χ1n) is 6.66. The number of carbonyl (C=O) groups is 2. The molecule has 2 nitrogen and oxygen atoms in total. The van der Waals surface area contributed by atoms with E-state index in [9.17, 15) is 9.59 Å². The Kier molecular flexibility index (Phi) is 3.24. The minimum Gasteiger partial charge on any atom is -0.299 e. The highest BCUT2D eigenvalue weighted by Gasteiger charge is 2.45. The molecular formula is C15H22O2. The first-order valence-corrected chi connectivity index (χ1v) is 6.66. The smallest absolute Gasteiger partial charge is 0.158 e. The fourth-order valence-electron chi connectivity index (χ4n) is 3.48. The van der Waals surface area contributed by atoms with Gasteiger partial charge >= 0.3 is 0 Å². The molecule has 0 spiro atoms. The lowest BCUT2D eigenvalue weighted by molar-refractivity contribution is -0.121. The van der Waals surface area contributed by atoms with Crippen molar-refractivity contribution >= 4 is 11.6 Å².